The molecule has 0 saturated carbocycles. The summed E-state index contributed by atoms with van der Waals surface area (Å²) in [7, 11) is 0. The zero-order valence-corrected chi connectivity index (χ0v) is 13.9. The number of nitriles is 1. The van der Waals surface area contributed by atoms with E-state index in [0.29, 0.717) is 5.01 Å². The van der Waals surface area contributed by atoms with E-state index in [4.69, 9.17) is 5.26 Å². The highest BCUT2D eigenvalue weighted by Crippen LogP contribution is 2.16. The van der Waals surface area contributed by atoms with Gasteiger partial charge in [-0.2, -0.15) is 5.26 Å². The highest BCUT2D eigenvalue weighted by atomic mass is 32.1. The van der Waals surface area contributed by atoms with Crippen molar-refractivity contribution < 1.29 is 9.59 Å². The molecule has 1 N–H and O–H groups in total. The van der Waals surface area contributed by atoms with Gasteiger partial charge >= 0.3 is 0 Å². The Kier molecular flexibility index (Phi) is 6.87. The molecule has 0 unspecified atom stereocenters. The van der Waals surface area contributed by atoms with Crippen LogP contribution in [0, 0.1) is 11.3 Å². The first kappa shape index (κ1) is 17.6. The Balaban J connectivity index is 1.81. The number of hydrogen-bond donors (Lipinski definition) is 1. The van der Waals surface area contributed by atoms with Crippen molar-refractivity contribution in [3.8, 4) is 6.07 Å². The molecule has 0 bridgehead atoms. The first-order valence-electron chi connectivity index (χ1n) is 7.50. The lowest BCUT2D eigenvalue weighted by Gasteiger charge is -2.01. The number of nitrogens with one attached hydrogen (secondary N) is 1. The molecule has 0 atom stereocenters. The van der Waals surface area contributed by atoms with E-state index < -0.39 is 0 Å². The average Bonchev–Trinajstić information content (AvgIpc) is 3.04. The summed E-state index contributed by atoms with van der Waals surface area (Å²) in [5.74, 6) is -0.385. The second-order valence-electron chi connectivity index (χ2n) is 5.05. The van der Waals surface area contributed by atoms with E-state index in [1.807, 2.05) is 48.6 Å². The van der Waals surface area contributed by atoms with Gasteiger partial charge in [0.2, 0.25) is 5.91 Å². The van der Waals surface area contributed by atoms with Gasteiger partial charge in [0.25, 0.3) is 0 Å². The standard InChI is InChI=1S/C18H17N3O2S/c19-10-4-7-15(22)12-20-17(23)11-18-21-13-16(24-18)9-8-14-5-2-1-3-6-14/h1-3,5-6,8-9,13H,4,7,11-12H2,(H,20,23)/b9-8+. The van der Waals surface area contributed by atoms with Gasteiger partial charge in [0.1, 0.15) is 5.01 Å². The van der Waals surface area contributed by atoms with Crippen molar-refractivity contribution in [3.63, 3.8) is 0 Å². The number of nitrogens with zero attached hydrogens (tertiary/aromatic N) is 2. The summed E-state index contributed by atoms with van der Waals surface area (Å²) in [6, 6.07) is 11.8. The number of carbonyl (C=O) groups excluding carboxylic acids is 2. The number of aromatic nitrogens is 1. The normalized spacial score (nSPS) is 10.5. The van der Waals surface area contributed by atoms with Crippen LogP contribution in [0.4, 0.5) is 0 Å². The third kappa shape index (κ3) is 6.15. The molecule has 0 spiro atoms. The second-order valence-corrected chi connectivity index (χ2v) is 6.20. The lowest BCUT2D eigenvalue weighted by Crippen LogP contribution is -2.30. The van der Waals surface area contributed by atoms with Gasteiger partial charge in [-0.05, 0) is 11.6 Å². The van der Waals surface area contributed by atoms with Crippen LogP contribution in [0.25, 0.3) is 12.2 Å². The van der Waals surface area contributed by atoms with Gasteiger partial charge in [-0.25, -0.2) is 4.98 Å². The molecule has 2 aromatic rings. The summed E-state index contributed by atoms with van der Waals surface area (Å²) in [5, 5.41) is 11.7. The van der Waals surface area contributed by atoms with Crippen molar-refractivity contribution in [2.75, 3.05) is 6.54 Å². The number of benzene rings is 1. The fourth-order valence-corrected chi connectivity index (χ4v) is 2.73. The van der Waals surface area contributed by atoms with Crippen molar-refractivity contribution in [2.45, 2.75) is 19.3 Å². The Morgan fingerprint density at radius 1 is 1.25 bits per heavy atom. The van der Waals surface area contributed by atoms with Crippen LogP contribution in [0.3, 0.4) is 0 Å². The SMILES string of the molecule is N#CCCC(=O)CNC(=O)Cc1ncc(/C=C/c2ccccc2)s1. The Morgan fingerprint density at radius 2 is 2.04 bits per heavy atom. The molecule has 0 saturated heterocycles. The predicted molar refractivity (Wildman–Crippen MR) is 94.1 cm³/mol. The molecule has 1 aromatic heterocycles. The van der Waals surface area contributed by atoms with E-state index in [2.05, 4.69) is 10.3 Å². The van der Waals surface area contributed by atoms with Crippen LogP contribution < -0.4 is 5.32 Å². The summed E-state index contributed by atoms with van der Waals surface area (Å²) >= 11 is 1.44. The Morgan fingerprint density at radius 3 is 2.79 bits per heavy atom. The highest BCUT2D eigenvalue weighted by molar-refractivity contribution is 7.12. The van der Waals surface area contributed by atoms with E-state index in [1.165, 1.54) is 11.3 Å². The molecule has 1 amide bonds. The number of carbonyl (C=O) groups is 2. The van der Waals surface area contributed by atoms with Crippen molar-refractivity contribution >= 4 is 35.2 Å². The molecule has 24 heavy (non-hydrogen) atoms. The number of ketones is 1. The summed E-state index contributed by atoms with van der Waals surface area (Å²) in [6.45, 7) is -0.0351. The largest absolute Gasteiger partial charge is 0.349 e. The number of rotatable bonds is 8. The van der Waals surface area contributed by atoms with Crippen LogP contribution in [0.5, 0.6) is 0 Å². The topological polar surface area (TPSA) is 82.9 Å². The van der Waals surface area contributed by atoms with Gasteiger partial charge in [-0.15, -0.1) is 11.3 Å². The van der Waals surface area contributed by atoms with Crippen molar-refractivity contribution in [1.29, 1.82) is 5.26 Å². The predicted octanol–water partition coefficient (Wildman–Crippen LogP) is 2.85. The second kappa shape index (κ2) is 9.38. The molecular formula is C18H17N3O2S. The number of thiazole rings is 1. The lowest BCUT2D eigenvalue weighted by atomic mass is 10.2. The molecular weight excluding hydrogens is 322 g/mol. The van der Waals surface area contributed by atoms with Gasteiger partial charge in [0, 0.05) is 23.9 Å². The molecule has 0 radical (unpaired) electrons. The third-order valence-corrected chi connectivity index (χ3v) is 4.08. The number of amides is 1. The smallest absolute Gasteiger partial charge is 0.227 e. The highest BCUT2D eigenvalue weighted by Gasteiger charge is 2.09. The third-order valence-electron chi connectivity index (χ3n) is 3.12. The van der Waals surface area contributed by atoms with Crippen molar-refractivity contribution in [1.82, 2.24) is 10.3 Å². The summed E-state index contributed by atoms with van der Waals surface area (Å²) in [6.07, 6.45) is 6.17. The Labute approximate surface area is 144 Å². The molecule has 2 rings (SSSR count). The van der Waals surface area contributed by atoms with Gasteiger partial charge in [-0.3, -0.25) is 9.59 Å². The van der Waals surface area contributed by atoms with Crippen LogP contribution in [0.2, 0.25) is 0 Å². The van der Waals surface area contributed by atoms with Crippen LogP contribution >= 0.6 is 11.3 Å². The fourth-order valence-electron chi connectivity index (χ4n) is 1.91. The van der Waals surface area contributed by atoms with Crippen molar-refractivity contribution in [2.24, 2.45) is 0 Å². The molecule has 0 aliphatic rings. The monoisotopic (exact) mass is 339 g/mol. The van der Waals surface area contributed by atoms with E-state index >= 15 is 0 Å². The molecule has 0 aliphatic carbocycles. The molecule has 5 nitrogen and oxygen atoms in total. The van der Waals surface area contributed by atoms with E-state index in [0.717, 1.165) is 10.4 Å². The maximum atomic E-state index is 11.8. The van der Waals surface area contributed by atoms with Gasteiger partial charge in [0.15, 0.2) is 5.78 Å². The Bertz CT molecular complexity index is 760. The number of Topliss-reactive ketones (excluding diaryl/α,β-unsaturated/α-hetero) is 1. The molecule has 122 valence electrons. The van der Waals surface area contributed by atoms with Crippen LogP contribution in [0.15, 0.2) is 36.5 Å². The summed E-state index contributed by atoms with van der Waals surface area (Å²) in [4.78, 5) is 28.4. The van der Waals surface area contributed by atoms with Gasteiger partial charge in [0.05, 0.1) is 19.0 Å². The van der Waals surface area contributed by atoms with E-state index in [9.17, 15) is 9.59 Å². The molecule has 6 heteroatoms. The van der Waals surface area contributed by atoms with Gasteiger partial charge in [-0.1, -0.05) is 36.4 Å². The average molecular weight is 339 g/mol. The van der Waals surface area contributed by atoms with Crippen LogP contribution in [0.1, 0.15) is 28.3 Å². The van der Waals surface area contributed by atoms with E-state index in [-0.39, 0.29) is 37.5 Å². The summed E-state index contributed by atoms with van der Waals surface area (Å²) < 4.78 is 0. The van der Waals surface area contributed by atoms with Crippen LogP contribution in [-0.2, 0) is 16.0 Å². The zero-order chi connectivity index (χ0) is 17.2. The minimum absolute atomic E-state index is 0.0351. The van der Waals surface area contributed by atoms with Crippen molar-refractivity contribution in [3.05, 3.63) is 52.0 Å². The summed E-state index contributed by atoms with van der Waals surface area (Å²) in [5.41, 5.74) is 1.10. The first-order chi connectivity index (χ1) is 11.7. The molecule has 0 aliphatic heterocycles. The first-order valence-corrected chi connectivity index (χ1v) is 8.32. The van der Waals surface area contributed by atoms with Gasteiger partial charge < -0.3 is 5.32 Å². The van der Waals surface area contributed by atoms with Crippen LogP contribution in [-0.4, -0.2) is 23.2 Å². The maximum absolute atomic E-state index is 11.8. The Hall–Kier alpha value is -2.78. The lowest BCUT2D eigenvalue weighted by molar-refractivity contribution is -0.124. The van der Waals surface area contributed by atoms with E-state index in [1.54, 1.807) is 6.20 Å². The zero-order valence-electron chi connectivity index (χ0n) is 13.1. The minimum atomic E-state index is -0.242. The minimum Gasteiger partial charge on any atom is -0.349 e. The number of hydrogen-bond acceptors (Lipinski definition) is 5. The molecule has 0 fully saturated rings. The maximum Gasteiger partial charge on any atom is 0.227 e. The molecule has 1 heterocycles. The quantitative estimate of drug-likeness (QED) is 0.801. The molecule has 1 aromatic carbocycles. The fraction of sp³-hybridized carbons (Fsp3) is 0.222.